The van der Waals surface area contributed by atoms with E-state index in [1.54, 1.807) is 0 Å². The molecular weight excluding hydrogens is 645 g/mol. The third-order valence-corrected chi connectivity index (χ3v) is 18.6. The van der Waals surface area contributed by atoms with Gasteiger partial charge in [0.25, 0.3) is 0 Å². The molecule has 0 amide bonds. The largest absolute Gasteiger partial charge is 0.294 e. The first-order valence-electron chi connectivity index (χ1n) is 25.0. The van der Waals surface area contributed by atoms with Crippen LogP contribution in [0.1, 0.15) is 218 Å². The van der Waals surface area contributed by atoms with Crippen LogP contribution in [0.15, 0.2) is 0 Å². The molecule has 9 aliphatic rings. The molecule has 1 heterocycles. The minimum Gasteiger partial charge on any atom is -0.294 e. The minimum absolute atomic E-state index is 0.351. The molecule has 0 bridgehead atoms. The van der Waals surface area contributed by atoms with Gasteiger partial charge in [0.2, 0.25) is 0 Å². The molecule has 0 aromatic heterocycles. The van der Waals surface area contributed by atoms with Crippen LogP contribution in [0.4, 0.5) is 0 Å². The first-order valence-corrected chi connectivity index (χ1v) is 25.0. The standard InChI is InChI=1S/C49H82N4/c50-35-37-15-13-14-24-45(37)36-25-27-42(28-26-36)53-48-31-29-43(51(38-16-5-1-6-17-38)39-18-7-2-8-19-39)33-46(48)47-34-44(30-32-49(47)53)52(40-20-9-3-10-21-40)41-22-11-4-12-23-41/h36-49H,1-34H2. The second kappa shape index (κ2) is 17.9. The molecule has 1 aliphatic heterocycles. The third kappa shape index (κ3) is 8.09. The number of nitrogens with zero attached hydrogens (tertiary/aromatic N) is 4. The van der Waals surface area contributed by atoms with Crippen molar-refractivity contribution in [1.29, 1.82) is 5.26 Å². The first kappa shape index (κ1) is 37.9. The number of hydrogen-bond donors (Lipinski definition) is 0. The maximum Gasteiger partial charge on any atom is 0.0658 e. The monoisotopic (exact) mass is 727 g/mol. The lowest BCUT2D eigenvalue weighted by atomic mass is 9.67. The van der Waals surface area contributed by atoms with Crippen molar-refractivity contribution in [2.75, 3.05) is 0 Å². The summed E-state index contributed by atoms with van der Waals surface area (Å²) in [6.07, 6.45) is 49.8. The zero-order chi connectivity index (χ0) is 35.6. The number of rotatable bonds is 8. The van der Waals surface area contributed by atoms with Crippen LogP contribution in [0.25, 0.3) is 0 Å². The van der Waals surface area contributed by atoms with E-state index < -0.39 is 0 Å². The van der Waals surface area contributed by atoms with Crippen LogP contribution in [0.5, 0.6) is 0 Å². The van der Waals surface area contributed by atoms with Gasteiger partial charge in [-0.25, -0.2) is 0 Å². The highest BCUT2D eigenvalue weighted by atomic mass is 15.3. The molecule has 8 saturated carbocycles. The van der Waals surface area contributed by atoms with E-state index in [4.69, 9.17) is 0 Å². The molecule has 0 aromatic rings. The van der Waals surface area contributed by atoms with Gasteiger partial charge in [-0.2, -0.15) is 5.26 Å². The zero-order valence-corrected chi connectivity index (χ0v) is 34.4. The number of likely N-dealkylation sites (tertiary alicyclic amines) is 1. The van der Waals surface area contributed by atoms with E-state index >= 15 is 0 Å². The minimum atomic E-state index is 0.351. The summed E-state index contributed by atoms with van der Waals surface area (Å²) in [7, 11) is 0. The van der Waals surface area contributed by atoms with Crippen LogP contribution < -0.4 is 0 Å². The third-order valence-electron chi connectivity index (χ3n) is 18.6. The molecule has 1 saturated heterocycles. The molecule has 0 N–H and O–H groups in total. The fourth-order valence-electron chi connectivity index (χ4n) is 16.3. The Hall–Kier alpha value is -0.630. The number of hydrogen-bond acceptors (Lipinski definition) is 4. The lowest BCUT2D eigenvalue weighted by molar-refractivity contribution is -0.00956. The molecule has 53 heavy (non-hydrogen) atoms. The van der Waals surface area contributed by atoms with Gasteiger partial charge in [-0.05, 0) is 152 Å². The molecule has 0 aromatic carbocycles. The van der Waals surface area contributed by atoms with Crippen molar-refractivity contribution < 1.29 is 0 Å². The van der Waals surface area contributed by atoms with E-state index in [2.05, 4.69) is 20.8 Å². The highest BCUT2D eigenvalue weighted by Crippen LogP contribution is 2.55. The van der Waals surface area contributed by atoms with Crippen LogP contribution in [0.3, 0.4) is 0 Å². The topological polar surface area (TPSA) is 33.5 Å². The summed E-state index contributed by atoms with van der Waals surface area (Å²) in [4.78, 5) is 9.92. The second-order valence-corrected chi connectivity index (χ2v) is 21.2. The van der Waals surface area contributed by atoms with Crippen molar-refractivity contribution in [2.24, 2.45) is 29.6 Å². The van der Waals surface area contributed by atoms with E-state index in [0.29, 0.717) is 11.8 Å². The quantitative estimate of drug-likeness (QED) is 0.249. The summed E-state index contributed by atoms with van der Waals surface area (Å²) in [5.41, 5.74) is 0. The van der Waals surface area contributed by atoms with Crippen molar-refractivity contribution in [3.63, 3.8) is 0 Å². The van der Waals surface area contributed by atoms with E-state index in [0.717, 1.165) is 72.1 Å². The van der Waals surface area contributed by atoms with Gasteiger partial charge in [0.1, 0.15) is 0 Å². The fourth-order valence-corrected chi connectivity index (χ4v) is 16.3. The SMILES string of the molecule is N#CC1CCCCC1C1CCC(N2C3CCC(N(C4CCCCC4)C4CCCCC4)CC3C3CC(N(C4CCCCC4)C4CCCCC4)CCC32)CC1. The maximum absolute atomic E-state index is 10.1. The molecule has 8 unspecified atom stereocenters. The Bertz CT molecular complexity index is 1060. The summed E-state index contributed by atoms with van der Waals surface area (Å²) < 4.78 is 0. The maximum atomic E-state index is 10.1. The van der Waals surface area contributed by atoms with Gasteiger partial charge < -0.3 is 0 Å². The smallest absolute Gasteiger partial charge is 0.0658 e. The summed E-state index contributed by atoms with van der Waals surface area (Å²) >= 11 is 0. The molecular formula is C49H82N4. The zero-order valence-electron chi connectivity index (χ0n) is 34.4. The van der Waals surface area contributed by atoms with Gasteiger partial charge in [0, 0.05) is 60.3 Å². The predicted octanol–water partition coefficient (Wildman–Crippen LogP) is 12.2. The van der Waals surface area contributed by atoms with Crippen molar-refractivity contribution in [3.05, 3.63) is 0 Å². The second-order valence-electron chi connectivity index (χ2n) is 21.2. The van der Waals surface area contributed by atoms with Gasteiger partial charge in [-0.15, -0.1) is 0 Å². The Labute approximate surface area is 327 Å². The first-order chi connectivity index (χ1) is 26.3. The fraction of sp³-hybridized carbons (Fsp3) is 0.980. The van der Waals surface area contributed by atoms with Crippen LogP contribution >= 0.6 is 0 Å². The van der Waals surface area contributed by atoms with Crippen molar-refractivity contribution in [3.8, 4) is 6.07 Å². The summed E-state index contributed by atoms with van der Waals surface area (Å²) in [6.45, 7) is 0. The van der Waals surface area contributed by atoms with Gasteiger partial charge in [-0.1, -0.05) is 89.9 Å². The van der Waals surface area contributed by atoms with Gasteiger partial charge in [0.05, 0.1) is 6.07 Å². The molecule has 0 spiro atoms. The van der Waals surface area contributed by atoms with E-state index in [9.17, 15) is 5.26 Å². The summed E-state index contributed by atoms with van der Waals surface area (Å²) in [5.74, 6) is 3.76. The molecule has 8 aliphatic carbocycles. The van der Waals surface area contributed by atoms with Crippen LogP contribution in [0.2, 0.25) is 0 Å². The summed E-state index contributed by atoms with van der Waals surface area (Å²) in [6, 6.07) is 10.6. The number of fused-ring (bicyclic) bond motifs is 3. The van der Waals surface area contributed by atoms with Crippen molar-refractivity contribution in [1.82, 2.24) is 14.7 Å². The lowest BCUT2D eigenvalue weighted by Gasteiger charge is -2.51. The molecule has 8 atom stereocenters. The predicted molar refractivity (Wildman–Crippen MR) is 220 cm³/mol. The molecule has 4 heteroatoms. The summed E-state index contributed by atoms with van der Waals surface area (Å²) in [5, 5.41) is 10.1. The Morgan fingerprint density at radius 2 is 0.755 bits per heavy atom. The van der Waals surface area contributed by atoms with Gasteiger partial charge >= 0.3 is 0 Å². The molecule has 0 radical (unpaired) electrons. The van der Waals surface area contributed by atoms with Crippen LogP contribution in [-0.2, 0) is 0 Å². The van der Waals surface area contributed by atoms with Gasteiger partial charge in [-0.3, -0.25) is 14.7 Å². The van der Waals surface area contributed by atoms with E-state index in [1.807, 2.05) is 0 Å². The normalized spacial score (nSPS) is 42.0. The van der Waals surface area contributed by atoms with Gasteiger partial charge in [0.15, 0.2) is 0 Å². The molecule has 4 nitrogen and oxygen atoms in total. The van der Waals surface area contributed by atoms with Crippen molar-refractivity contribution >= 4 is 0 Å². The average Bonchev–Trinajstić information content (AvgIpc) is 3.56. The Morgan fingerprint density at radius 3 is 1.17 bits per heavy atom. The Kier molecular flexibility index (Phi) is 12.8. The highest BCUT2D eigenvalue weighted by molar-refractivity contribution is 5.11. The Balaban J connectivity index is 0.970. The highest BCUT2D eigenvalue weighted by Gasteiger charge is 2.56. The molecule has 298 valence electrons. The Morgan fingerprint density at radius 1 is 0.358 bits per heavy atom. The average molecular weight is 727 g/mol. The van der Waals surface area contributed by atoms with E-state index in [-0.39, 0.29) is 0 Å². The van der Waals surface area contributed by atoms with Crippen LogP contribution in [-0.4, -0.2) is 69.1 Å². The van der Waals surface area contributed by atoms with Crippen LogP contribution in [0, 0.1) is 40.9 Å². The lowest BCUT2D eigenvalue weighted by Crippen LogP contribution is -2.55. The molecule has 9 rings (SSSR count). The van der Waals surface area contributed by atoms with E-state index in [1.165, 1.54) is 218 Å². The number of nitriles is 1. The molecule has 9 fully saturated rings. The van der Waals surface area contributed by atoms with Crippen molar-refractivity contribution in [2.45, 2.75) is 273 Å².